The molecule has 24 heavy (non-hydrogen) atoms. The molecule has 7 heteroatoms. The third-order valence-corrected chi connectivity index (χ3v) is 3.59. The summed E-state index contributed by atoms with van der Waals surface area (Å²) in [4.78, 5) is 23.5. The van der Waals surface area contributed by atoms with Crippen LogP contribution in [0.25, 0.3) is 11.3 Å². The number of aromatic nitrogens is 4. The van der Waals surface area contributed by atoms with Gasteiger partial charge in [0.15, 0.2) is 0 Å². The Kier molecular flexibility index (Phi) is 4.24. The Balaban J connectivity index is 1.70. The maximum absolute atomic E-state index is 12.2. The highest BCUT2D eigenvalue weighted by Gasteiger charge is 2.08. The maximum Gasteiger partial charge on any atom is 0.266 e. The summed E-state index contributed by atoms with van der Waals surface area (Å²) in [7, 11) is 1.60. The third kappa shape index (κ3) is 3.40. The molecular formula is C17H17N5O2. The first-order valence-electron chi connectivity index (χ1n) is 7.47. The summed E-state index contributed by atoms with van der Waals surface area (Å²) in [6, 6.07) is 12.1. The molecule has 0 fully saturated rings. The molecule has 0 aliphatic heterocycles. The fourth-order valence-electron chi connectivity index (χ4n) is 2.29. The van der Waals surface area contributed by atoms with Crippen molar-refractivity contribution in [1.82, 2.24) is 25.3 Å². The Morgan fingerprint density at radius 3 is 2.58 bits per heavy atom. The van der Waals surface area contributed by atoms with E-state index in [1.54, 1.807) is 37.4 Å². The topological polar surface area (TPSA) is 92.7 Å². The lowest BCUT2D eigenvalue weighted by Gasteiger charge is -2.06. The largest absolute Gasteiger partial charge is 0.346 e. The Bertz CT molecular complexity index is 925. The average Bonchev–Trinajstić information content (AvgIpc) is 3.01. The van der Waals surface area contributed by atoms with Crippen LogP contribution in [0.1, 0.15) is 21.7 Å². The molecule has 0 atom stereocenters. The first-order valence-corrected chi connectivity index (χ1v) is 7.47. The van der Waals surface area contributed by atoms with Crippen LogP contribution in [0.15, 0.2) is 47.3 Å². The van der Waals surface area contributed by atoms with Crippen molar-refractivity contribution in [2.45, 2.75) is 13.5 Å². The van der Waals surface area contributed by atoms with Gasteiger partial charge < -0.3 is 5.32 Å². The van der Waals surface area contributed by atoms with E-state index >= 15 is 0 Å². The highest BCUT2D eigenvalue weighted by molar-refractivity contribution is 5.94. The van der Waals surface area contributed by atoms with Gasteiger partial charge in [-0.2, -0.15) is 10.2 Å². The molecular weight excluding hydrogens is 306 g/mol. The third-order valence-electron chi connectivity index (χ3n) is 3.59. The molecule has 0 radical (unpaired) electrons. The van der Waals surface area contributed by atoms with Crippen molar-refractivity contribution in [2.75, 3.05) is 0 Å². The van der Waals surface area contributed by atoms with Crippen LogP contribution >= 0.6 is 0 Å². The Hall–Kier alpha value is -3.22. The van der Waals surface area contributed by atoms with Crippen LogP contribution in [0.5, 0.6) is 0 Å². The molecule has 3 aromatic rings. The predicted octanol–water partition coefficient (Wildman–Crippen LogP) is 1.41. The molecule has 2 aromatic heterocycles. The summed E-state index contributed by atoms with van der Waals surface area (Å²) in [5, 5.41) is 13.9. The lowest BCUT2D eigenvalue weighted by Crippen LogP contribution is -2.22. The van der Waals surface area contributed by atoms with Crippen LogP contribution in [0, 0.1) is 6.92 Å². The summed E-state index contributed by atoms with van der Waals surface area (Å²) < 4.78 is 1.28. The van der Waals surface area contributed by atoms with E-state index in [1.165, 1.54) is 10.7 Å². The van der Waals surface area contributed by atoms with Crippen molar-refractivity contribution >= 4 is 5.91 Å². The highest BCUT2D eigenvalue weighted by atomic mass is 16.1. The van der Waals surface area contributed by atoms with E-state index in [9.17, 15) is 9.59 Å². The van der Waals surface area contributed by atoms with Crippen LogP contribution in [0.3, 0.4) is 0 Å². The Morgan fingerprint density at radius 2 is 1.96 bits per heavy atom. The van der Waals surface area contributed by atoms with E-state index in [0.29, 0.717) is 17.8 Å². The van der Waals surface area contributed by atoms with E-state index in [0.717, 1.165) is 17.0 Å². The molecule has 1 amide bonds. The summed E-state index contributed by atoms with van der Waals surface area (Å²) in [6.45, 7) is 2.28. The van der Waals surface area contributed by atoms with Crippen LogP contribution in [0.4, 0.5) is 0 Å². The minimum absolute atomic E-state index is 0.164. The molecule has 7 nitrogen and oxygen atoms in total. The number of rotatable bonds is 4. The van der Waals surface area contributed by atoms with Crippen molar-refractivity contribution in [2.24, 2.45) is 7.05 Å². The number of hydrogen-bond donors (Lipinski definition) is 2. The molecule has 122 valence electrons. The second-order valence-corrected chi connectivity index (χ2v) is 5.48. The van der Waals surface area contributed by atoms with Gasteiger partial charge in [0.2, 0.25) is 0 Å². The van der Waals surface area contributed by atoms with Crippen molar-refractivity contribution in [3.8, 4) is 11.3 Å². The molecule has 0 unspecified atom stereocenters. The molecule has 0 spiro atoms. The first-order chi connectivity index (χ1) is 11.5. The minimum Gasteiger partial charge on any atom is -0.346 e. The number of benzene rings is 1. The normalized spacial score (nSPS) is 10.6. The monoisotopic (exact) mass is 323 g/mol. The van der Waals surface area contributed by atoms with Gasteiger partial charge in [-0.05, 0) is 31.2 Å². The molecule has 0 aliphatic rings. The number of hydrogen-bond acceptors (Lipinski definition) is 4. The summed E-state index contributed by atoms with van der Waals surface area (Å²) in [5.74, 6) is -0.171. The van der Waals surface area contributed by atoms with E-state index in [1.807, 2.05) is 13.0 Å². The SMILES string of the molecule is Cc1cc(CNC(=O)c2ccc(-c3ccc(=O)n(C)n3)cc2)n[nH]1. The van der Waals surface area contributed by atoms with Crippen LogP contribution < -0.4 is 10.9 Å². The van der Waals surface area contributed by atoms with Crippen molar-refractivity contribution in [3.05, 3.63) is 69.8 Å². The average molecular weight is 323 g/mol. The standard InChI is InChI=1S/C17H17N5O2/c1-11-9-14(20-19-11)10-18-17(24)13-5-3-12(4-6-13)15-7-8-16(23)22(2)21-15/h3-9H,10H2,1-2H3,(H,18,24)(H,19,20). The van der Waals surface area contributed by atoms with E-state index < -0.39 is 0 Å². The predicted molar refractivity (Wildman–Crippen MR) is 89.4 cm³/mol. The summed E-state index contributed by atoms with van der Waals surface area (Å²) >= 11 is 0. The number of H-pyrrole nitrogens is 1. The van der Waals surface area contributed by atoms with Gasteiger partial charge in [0.05, 0.1) is 17.9 Å². The number of carbonyl (C=O) groups excluding carboxylic acids is 1. The smallest absolute Gasteiger partial charge is 0.266 e. The number of aryl methyl sites for hydroxylation is 2. The maximum atomic E-state index is 12.2. The van der Waals surface area contributed by atoms with Crippen molar-refractivity contribution < 1.29 is 4.79 Å². The van der Waals surface area contributed by atoms with E-state index in [-0.39, 0.29) is 11.5 Å². The minimum atomic E-state index is -0.171. The number of amides is 1. The van der Waals surface area contributed by atoms with Gasteiger partial charge in [0, 0.05) is 29.9 Å². The van der Waals surface area contributed by atoms with Crippen LogP contribution in [-0.4, -0.2) is 25.9 Å². The van der Waals surface area contributed by atoms with Gasteiger partial charge in [0.1, 0.15) is 0 Å². The Morgan fingerprint density at radius 1 is 1.21 bits per heavy atom. The molecule has 2 heterocycles. The Labute approximate surface area is 138 Å². The zero-order valence-corrected chi connectivity index (χ0v) is 13.4. The lowest BCUT2D eigenvalue weighted by molar-refractivity contribution is 0.0950. The fraction of sp³-hybridized carbons (Fsp3) is 0.176. The zero-order valence-electron chi connectivity index (χ0n) is 13.4. The highest BCUT2D eigenvalue weighted by Crippen LogP contribution is 2.16. The van der Waals surface area contributed by atoms with Crippen molar-refractivity contribution in [1.29, 1.82) is 0 Å². The molecule has 0 aliphatic carbocycles. The number of carbonyl (C=O) groups is 1. The lowest BCUT2D eigenvalue weighted by atomic mass is 10.1. The summed E-state index contributed by atoms with van der Waals surface area (Å²) in [6.07, 6.45) is 0. The molecule has 0 bridgehead atoms. The molecule has 0 saturated carbocycles. The van der Waals surface area contributed by atoms with Crippen LogP contribution in [-0.2, 0) is 13.6 Å². The van der Waals surface area contributed by atoms with Gasteiger partial charge in [-0.1, -0.05) is 12.1 Å². The zero-order chi connectivity index (χ0) is 17.1. The van der Waals surface area contributed by atoms with Gasteiger partial charge in [0.25, 0.3) is 11.5 Å². The molecule has 0 saturated heterocycles. The number of nitrogens with zero attached hydrogens (tertiary/aromatic N) is 3. The van der Waals surface area contributed by atoms with E-state index in [4.69, 9.17) is 0 Å². The fourth-order valence-corrected chi connectivity index (χ4v) is 2.29. The molecule has 1 aromatic carbocycles. The van der Waals surface area contributed by atoms with Gasteiger partial charge in [-0.15, -0.1) is 0 Å². The van der Waals surface area contributed by atoms with Crippen molar-refractivity contribution in [3.63, 3.8) is 0 Å². The second kappa shape index (κ2) is 6.49. The molecule has 2 N–H and O–H groups in total. The van der Waals surface area contributed by atoms with Gasteiger partial charge in [-0.25, -0.2) is 4.68 Å². The number of aromatic amines is 1. The van der Waals surface area contributed by atoms with Crippen LogP contribution in [0.2, 0.25) is 0 Å². The van der Waals surface area contributed by atoms with Gasteiger partial charge >= 0.3 is 0 Å². The van der Waals surface area contributed by atoms with Gasteiger partial charge in [-0.3, -0.25) is 14.7 Å². The first kappa shape index (κ1) is 15.7. The number of nitrogens with one attached hydrogen (secondary N) is 2. The molecule has 3 rings (SSSR count). The quantitative estimate of drug-likeness (QED) is 0.759. The summed E-state index contributed by atoms with van der Waals surface area (Å²) in [5.41, 5.74) is 3.64. The van der Waals surface area contributed by atoms with E-state index in [2.05, 4.69) is 20.6 Å². The second-order valence-electron chi connectivity index (χ2n) is 5.48.